The summed E-state index contributed by atoms with van der Waals surface area (Å²) in [5, 5.41) is 3.76. The molecule has 0 aromatic rings. The lowest BCUT2D eigenvalue weighted by molar-refractivity contribution is 0.0223. The zero-order chi connectivity index (χ0) is 15.2. The molecule has 3 heteroatoms. The summed E-state index contributed by atoms with van der Waals surface area (Å²) in [6.45, 7) is 18.9. The van der Waals surface area contributed by atoms with Crippen molar-refractivity contribution in [3.05, 3.63) is 0 Å². The fourth-order valence-electron chi connectivity index (χ4n) is 3.14. The van der Waals surface area contributed by atoms with Gasteiger partial charge in [-0.15, -0.1) is 0 Å². The van der Waals surface area contributed by atoms with Gasteiger partial charge in [-0.25, -0.2) is 0 Å². The lowest BCUT2D eigenvalue weighted by Gasteiger charge is -2.46. The van der Waals surface area contributed by atoms with Gasteiger partial charge in [0.1, 0.15) is 0 Å². The third-order valence-corrected chi connectivity index (χ3v) is 4.12. The fourth-order valence-corrected chi connectivity index (χ4v) is 3.14. The standard InChI is InChI=1S/C17H36N2O/c1-7-9-20-10-8-19-13-15(11-14(2)3)18-12-16(19)17(4,5)6/h14-16,18H,7-13H2,1-6H3. The van der Waals surface area contributed by atoms with Crippen molar-refractivity contribution >= 4 is 0 Å². The van der Waals surface area contributed by atoms with Crippen LogP contribution in [0.4, 0.5) is 0 Å². The van der Waals surface area contributed by atoms with Gasteiger partial charge in [0.05, 0.1) is 6.61 Å². The lowest BCUT2D eigenvalue weighted by Crippen LogP contribution is -2.61. The Hall–Kier alpha value is -0.120. The Kier molecular flexibility index (Phi) is 7.49. The number of piperazine rings is 1. The van der Waals surface area contributed by atoms with E-state index in [1.807, 2.05) is 0 Å². The largest absolute Gasteiger partial charge is 0.380 e. The molecule has 120 valence electrons. The van der Waals surface area contributed by atoms with Crippen LogP contribution >= 0.6 is 0 Å². The van der Waals surface area contributed by atoms with E-state index < -0.39 is 0 Å². The Labute approximate surface area is 126 Å². The molecule has 0 aromatic carbocycles. The van der Waals surface area contributed by atoms with Crippen LogP contribution in [0.5, 0.6) is 0 Å². The van der Waals surface area contributed by atoms with E-state index in [0.717, 1.165) is 45.2 Å². The number of hydrogen-bond donors (Lipinski definition) is 1. The van der Waals surface area contributed by atoms with Gasteiger partial charge in [-0.2, -0.15) is 0 Å². The van der Waals surface area contributed by atoms with Gasteiger partial charge in [-0.05, 0) is 24.2 Å². The molecule has 0 bridgehead atoms. The summed E-state index contributed by atoms with van der Waals surface area (Å²) in [7, 11) is 0. The van der Waals surface area contributed by atoms with Crippen LogP contribution in [0.3, 0.4) is 0 Å². The minimum absolute atomic E-state index is 0.320. The van der Waals surface area contributed by atoms with Crippen molar-refractivity contribution in [2.24, 2.45) is 11.3 Å². The van der Waals surface area contributed by atoms with E-state index in [-0.39, 0.29) is 0 Å². The zero-order valence-electron chi connectivity index (χ0n) is 14.5. The lowest BCUT2D eigenvalue weighted by atomic mass is 9.83. The van der Waals surface area contributed by atoms with Gasteiger partial charge in [0, 0.05) is 38.3 Å². The summed E-state index contributed by atoms with van der Waals surface area (Å²) < 4.78 is 5.70. The van der Waals surface area contributed by atoms with E-state index in [1.165, 1.54) is 6.42 Å². The monoisotopic (exact) mass is 284 g/mol. The predicted octanol–water partition coefficient (Wildman–Crippen LogP) is 3.15. The van der Waals surface area contributed by atoms with Crippen LogP contribution in [0.2, 0.25) is 0 Å². The second kappa shape index (κ2) is 8.35. The quantitative estimate of drug-likeness (QED) is 0.727. The van der Waals surface area contributed by atoms with Crippen molar-refractivity contribution in [3.8, 4) is 0 Å². The molecule has 0 spiro atoms. The van der Waals surface area contributed by atoms with Crippen molar-refractivity contribution in [1.29, 1.82) is 0 Å². The molecule has 1 saturated heterocycles. The van der Waals surface area contributed by atoms with Crippen LogP contribution in [0.1, 0.15) is 54.4 Å². The molecule has 20 heavy (non-hydrogen) atoms. The van der Waals surface area contributed by atoms with Gasteiger partial charge in [-0.3, -0.25) is 4.90 Å². The average Bonchev–Trinajstić information content (AvgIpc) is 2.32. The first kappa shape index (κ1) is 17.9. The first-order valence-corrected chi connectivity index (χ1v) is 8.39. The maximum Gasteiger partial charge on any atom is 0.0593 e. The molecule has 1 N–H and O–H groups in total. The highest BCUT2D eigenvalue weighted by molar-refractivity contribution is 4.92. The predicted molar refractivity (Wildman–Crippen MR) is 87.2 cm³/mol. The van der Waals surface area contributed by atoms with Crippen molar-refractivity contribution in [2.45, 2.75) is 66.5 Å². The van der Waals surface area contributed by atoms with Crippen LogP contribution in [-0.2, 0) is 4.74 Å². The molecule has 0 saturated carbocycles. The number of nitrogens with zero attached hydrogens (tertiary/aromatic N) is 1. The molecule has 0 aliphatic carbocycles. The third kappa shape index (κ3) is 6.11. The molecule has 2 unspecified atom stereocenters. The first-order valence-electron chi connectivity index (χ1n) is 8.39. The van der Waals surface area contributed by atoms with Crippen LogP contribution in [0.15, 0.2) is 0 Å². The van der Waals surface area contributed by atoms with Gasteiger partial charge in [-0.1, -0.05) is 41.5 Å². The molecule has 1 rings (SSSR count). The van der Waals surface area contributed by atoms with E-state index in [0.29, 0.717) is 17.5 Å². The van der Waals surface area contributed by atoms with Gasteiger partial charge < -0.3 is 10.1 Å². The third-order valence-electron chi connectivity index (χ3n) is 4.12. The van der Waals surface area contributed by atoms with Crippen molar-refractivity contribution < 1.29 is 4.74 Å². The van der Waals surface area contributed by atoms with Crippen LogP contribution in [-0.4, -0.2) is 49.8 Å². The summed E-state index contributed by atoms with van der Waals surface area (Å²) in [4.78, 5) is 2.65. The van der Waals surface area contributed by atoms with Gasteiger partial charge in [0.15, 0.2) is 0 Å². The van der Waals surface area contributed by atoms with E-state index in [4.69, 9.17) is 4.74 Å². The summed E-state index contributed by atoms with van der Waals surface area (Å²) in [5.41, 5.74) is 0.320. The summed E-state index contributed by atoms with van der Waals surface area (Å²) in [6.07, 6.45) is 2.38. The van der Waals surface area contributed by atoms with Crippen molar-refractivity contribution in [1.82, 2.24) is 10.2 Å². The molecular weight excluding hydrogens is 248 g/mol. The number of hydrogen-bond acceptors (Lipinski definition) is 3. The van der Waals surface area contributed by atoms with Crippen molar-refractivity contribution in [2.75, 3.05) is 32.8 Å². The van der Waals surface area contributed by atoms with E-state index >= 15 is 0 Å². The highest BCUT2D eigenvalue weighted by Gasteiger charge is 2.35. The SMILES string of the molecule is CCCOCCN1CC(CC(C)C)NCC1C(C)(C)C. The Morgan fingerprint density at radius 1 is 1.25 bits per heavy atom. The molecule has 2 atom stereocenters. The van der Waals surface area contributed by atoms with Gasteiger partial charge in [0.25, 0.3) is 0 Å². The molecule has 1 heterocycles. The van der Waals surface area contributed by atoms with E-state index in [1.54, 1.807) is 0 Å². The maximum absolute atomic E-state index is 5.70. The van der Waals surface area contributed by atoms with Crippen LogP contribution < -0.4 is 5.32 Å². The second-order valence-electron chi connectivity index (χ2n) is 7.72. The smallest absolute Gasteiger partial charge is 0.0593 e. The van der Waals surface area contributed by atoms with Crippen molar-refractivity contribution in [3.63, 3.8) is 0 Å². The Morgan fingerprint density at radius 3 is 2.50 bits per heavy atom. The second-order valence-corrected chi connectivity index (χ2v) is 7.72. The Bertz CT molecular complexity index is 260. The zero-order valence-corrected chi connectivity index (χ0v) is 14.5. The Morgan fingerprint density at radius 2 is 1.95 bits per heavy atom. The fraction of sp³-hybridized carbons (Fsp3) is 1.00. The van der Waals surface area contributed by atoms with Gasteiger partial charge in [0.2, 0.25) is 0 Å². The van der Waals surface area contributed by atoms with Crippen LogP contribution in [0, 0.1) is 11.3 Å². The first-order chi connectivity index (χ1) is 9.34. The van der Waals surface area contributed by atoms with Gasteiger partial charge >= 0.3 is 0 Å². The highest BCUT2D eigenvalue weighted by atomic mass is 16.5. The van der Waals surface area contributed by atoms with E-state index in [2.05, 4.69) is 51.8 Å². The molecule has 1 aliphatic heterocycles. The average molecular weight is 284 g/mol. The molecule has 0 aromatic heterocycles. The van der Waals surface area contributed by atoms with Crippen LogP contribution in [0.25, 0.3) is 0 Å². The normalized spacial score (nSPS) is 25.4. The van der Waals surface area contributed by atoms with E-state index in [9.17, 15) is 0 Å². The summed E-state index contributed by atoms with van der Waals surface area (Å²) in [6, 6.07) is 1.25. The molecule has 1 fully saturated rings. The Balaban J connectivity index is 2.54. The summed E-state index contributed by atoms with van der Waals surface area (Å²) >= 11 is 0. The molecule has 3 nitrogen and oxygen atoms in total. The summed E-state index contributed by atoms with van der Waals surface area (Å²) in [5.74, 6) is 0.761. The number of ether oxygens (including phenoxy) is 1. The topological polar surface area (TPSA) is 24.5 Å². The minimum Gasteiger partial charge on any atom is -0.380 e. The molecular formula is C17H36N2O. The number of nitrogens with one attached hydrogen (secondary N) is 1. The minimum atomic E-state index is 0.320. The maximum atomic E-state index is 5.70. The molecule has 0 radical (unpaired) electrons. The highest BCUT2D eigenvalue weighted by Crippen LogP contribution is 2.27. The molecule has 0 amide bonds. The number of rotatable bonds is 7. The molecule has 1 aliphatic rings.